The van der Waals surface area contributed by atoms with Crippen LogP contribution >= 0.6 is 11.3 Å². The molecule has 5 nitrogen and oxygen atoms in total. The predicted molar refractivity (Wildman–Crippen MR) is 112 cm³/mol. The van der Waals surface area contributed by atoms with Crippen LogP contribution in [-0.2, 0) is 10.7 Å². The largest absolute Gasteiger partial charge is 0.323 e. The molecular formula is C22H22N3O2S. The number of anilines is 2. The van der Waals surface area contributed by atoms with Gasteiger partial charge in [-0.2, -0.15) is 0 Å². The van der Waals surface area contributed by atoms with Gasteiger partial charge in [0.25, 0.3) is 0 Å². The van der Waals surface area contributed by atoms with Crippen LogP contribution in [0.25, 0.3) is 10.4 Å². The van der Waals surface area contributed by atoms with Crippen molar-refractivity contribution in [3.8, 4) is 10.4 Å². The number of carbonyl (C=O) groups is 1. The minimum Gasteiger partial charge on any atom is -0.308 e. The molecule has 2 aromatic carbocycles. The summed E-state index contributed by atoms with van der Waals surface area (Å²) in [6.45, 7) is 1.95. The second-order valence-electron chi connectivity index (χ2n) is 7.16. The average molecular weight is 393 g/mol. The van der Waals surface area contributed by atoms with Crippen LogP contribution in [0.15, 0.2) is 54.6 Å². The molecule has 0 saturated heterocycles. The Hall–Kier alpha value is -2.70. The lowest BCUT2D eigenvalue weighted by atomic mass is 10.0. The molecule has 1 radical (unpaired) electrons. The zero-order valence-corrected chi connectivity index (χ0v) is 16.5. The first kappa shape index (κ1) is 18.7. The first-order chi connectivity index (χ1) is 13.5. The lowest BCUT2D eigenvalue weighted by Gasteiger charge is -2.14. The fraction of sp³-hybridized carbons (Fsp3) is 0.273. The number of aromatic nitrogens is 1. The van der Waals surface area contributed by atoms with E-state index in [0.717, 1.165) is 34.7 Å². The highest BCUT2D eigenvalue weighted by molar-refractivity contribution is 7.15. The molecule has 0 spiro atoms. The number of thiazole rings is 1. The Labute approximate surface area is 168 Å². The Morgan fingerprint density at radius 3 is 2.21 bits per heavy atom. The van der Waals surface area contributed by atoms with Crippen LogP contribution in [0.2, 0.25) is 0 Å². The van der Waals surface area contributed by atoms with Crippen molar-refractivity contribution in [2.75, 3.05) is 10.6 Å². The molecular weight excluding hydrogens is 370 g/mol. The van der Waals surface area contributed by atoms with Crippen molar-refractivity contribution in [3.05, 3.63) is 65.3 Å². The van der Waals surface area contributed by atoms with E-state index >= 15 is 0 Å². The van der Waals surface area contributed by atoms with E-state index in [-0.39, 0.29) is 6.03 Å². The monoisotopic (exact) mass is 392 g/mol. The van der Waals surface area contributed by atoms with Gasteiger partial charge >= 0.3 is 6.03 Å². The molecule has 1 saturated carbocycles. The number of carbonyl (C=O) groups excluding carboxylic acids is 1. The number of rotatable bonds is 4. The lowest BCUT2D eigenvalue weighted by molar-refractivity contribution is -0.0291. The molecule has 2 amide bonds. The Kier molecular flexibility index (Phi) is 5.15. The summed E-state index contributed by atoms with van der Waals surface area (Å²) in [6.07, 6.45) is 3.34. The maximum absolute atomic E-state index is 12.9. The number of para-hydroxylation sites is 1. The van der Waals surface area contributed by atoms with Gasteiger partial charge in [-0.3, -0.25) is 0 Å². The second-order valence-corrected chi connectivity index (χ2v) is 8.16. The topological polar surface area (TPSA) is 73.9 Å². The van der Waals surface area contributed by atoms with Crippen LogP contribution in [0.4, 0.5) is 16.2 Å². The third-order valence-corrected chi connectivity index (χ3v) is 6.43. The van der Waals surface area contributed by atoms with Gasteiger partial charge in [-0.25, -0.2) is 14.9 Å². The summed E-state index contributed by atoms with van der Waals surface area (Å²) in [4.78, 5) is 17.7. The van der Waals surface area contributed by atoms with Crippen LogP contribution in [0, 0.1) is 6.92 Å². The van der Waals surface area contributed by atoms with Gasteiger partial charge < -0.3 is 10.6 Å². The van der Waals surface area contributed by atoms with Crippen molar-refractivity contribution < 1.29 is 9.90 Å². The fourth-order valence-electron chi connectivity index (χ4n) is 3.54. The summed E-state index contributed by atoms with van der Waals surface area (Å²) in [5.74, 6) is 0. The third-order valence-electron chi connectivity index (χ3n) is 5.03. The SMILES string of the molecule is Cc1nc(C2([O])CCCC2)sc1-c1ccc(NC(=O)Nc2ccccc2)cc1. The van der Waals surface area contributed by atoms with Crippen molar-refractivity contribution in [3.63, 3.8) is 0 Å². The molecule has 0 aliphatic heterocycles. The van der Waals surface area contributed by atoms with E-state index < -0.39 is 5.60 Å². The van der Waals surface area contributed by atoms with Gasteiger partial charge in [-0.1, -0.05) is 30.3 Å². The van der Waals surface area contributed by atoms with Crippen LogP contribution in [-0.4, -0.2) is 11.0 Å². The zero-order valence-electron chi connectivity index (χ0n) is 15.7. The maximum Gasteiger partial charge on any atom is 0.323 e. The number of benzene rings is 2. The molecule has 3 aromatic rings. The zero-order chi connectivity index (χ0) is 19.6. The van der Waals surface area contributed by atoms with Crippen molar-refractivity contribution in [2.24, 2.45) is 0 Å². The standard InChI is InChI=1S/C22H22N3O2S/c1-15-19(28-20(23-15)22(27)13-5-6-14-22)16-9-11-18(12-10-16)25-21(26)24-17-7-3-2-4-8-17/h2-4,7-12H,5-6,13-14H2,1H3,(H2,24,25,26). The van der Waals surface area contributed by atoms with E-state index in [2.05, 4.69) is 15.6 Å². The van der Waals surface area contributed by atoms with E-state index in [1.54, 1.807) is 0 Å². The summed E-state index contributed by atoms with van der Waals surface area (Å²) in [5, 5.41) is 19.2. The van der Waals surface area contributed by atoms with Crippen LogP contribution < -0.4 is 10.6 Å². The number of urea groups is 1. The number of amides is 2. The Balaban J connectivity index is 1.46. The minimum atomic E-state index is -1.01. The number of hydrogen-bond donors (Lipinski definition) is 2. The van der Waals surface area contributed by atoms with Gasteiger partial charge in [0.2, 0.25) is 0 Å². The van der Waals surface area contributed by atoms with Gasteiger partial charge in [0, 0.05) is 11.4 Å². The van der Waals surface area contributed by atoms with Crippen molar-refractivity contribution in [1.82, 2.24) is 4.98 Å². The van der Waals surface area contributed by atoms with Crippen molar-refractivity contribution >= 4 is 28.7 Å². The Morgan fingerprint density at radius 1 is 0.964 bits per heavy atom. The molecule has 28 heavy (non-hydrogen) atoms. The summed E-state index contributed by atoms with van der Waals surface area (Å²) < 4.78 is 0. The van der Waals surface area contributed by atoms with E-state index in [1.165, 1.54) is 11.3 Å². The van der Waals surface area contributed by atoms with Crippen LogP contribution in [0.3, 0.4) is 0 Å². The molecule has 6 heteroatoms. The van der Waals surface area contributed by atoms with Crippen molar-refractivity contribution in [1.29, 1.82) is 0 Å². The first-order valence-corrected chi connectivity index (χ1v) is 10.3. The molecule has 2 N–H and O–H groups in total. The summed E-state index contributed by atoms with van der Waals surface area (Å²) in [6, 6.07) is 16.6. The quantitative estimate of drug-likeness (QED) is 0.575. The predicted octanol–water partition coefficient (Wildman–Crippen LogP) is 5.96. The molecule has 1 heterocycles. The molecule has 1 aliphatic carbocycles. The van der Waals surface area contributed by atoms with E-state index in [9.17, 15) is 9.90 Å². The third kappa shape index (κ3) is 3.93. The highest BCUT2D eigenvalue weighted by atomic mass is 32.1. The number of nitrogens with zero attached hydrogens (tertiary/aromatic N) is 1. The van der Waals surface area contributed by atoms with Gasteiger partial charge in [0.15, 0.2) is 5.60 Å². The minimum absolute atomic E-state index is 0.287. The van der Waals surface area contributed by atoms with Gasteiger partial charge in [-0.05, 0) is 62.4 Å². The summed E-state index contributed by atoms with van der Waals surface area (Å²) in [5.41, 5.74) is 2.34. The van der Waals surface area contributed by atoms with E-state index in [4.69, 9.17) is 0 Å². The van der Waals surface area contributed by atoms with Gasteiger partial charge in [-0.15, -0.1) is 11.3 Å². The lowest BCUT2D eigenvalue weighted by Crippen LogP contribution is -2.19. The molecule has 143 valence electrons. The highest BCUT2D eigenvalue weighted by Crippen LogP contribution is 2.43. The number of hydrogen-bond acceptors (Lipinski definition) is 3. The van der Waals surface area contributed by atoms with E-state index in [1.807, 2.05) is 61.5 Å². The molecule has 0 bridgehead atoms. The Morgan fingerprint density at radius 2 is 1.57 bits per heavy atom. The second kappa shape index (κ2) is 7.73. The van der Waals surface area contributed by atoms with Crippen LogP contribution in [0.1, 0.15) is 36.4 Å². The Bertz CT molecular complexity index is 961. The number of aryl methyl sites for hydroxylation is 1. The smallest absolute Gasteiger partial charge is 0.308 e. The normalized spacial score (nSPS) is 15.4. The summed E-state index contributed by atoms with van der Waals surface area (Å²) >= 11 is 1.51. The maximum atomic E-state index is 12.9. The number of nitrogens with one attached hydrogen (secondary N) is 2. The van der Waals surface area contributed by atoms with E-state index in [0.29, 0.717) is 23.5 Å². The molecule has 1 aromatic heterocycles. The average Bonchev–Trinajstić information content (AvgIpc) is 3.30. The van der Waals surface area contributed by atoms with Gasteiger partial charge in [0.05, 0.1) is 10.6 Å². The van der Waals surface area contributed by atoms with Crippen LogP contribution in [0.5, 0.6) is 0 Å². The van der Waals surface area contributed by atoms with Crippen molar-refractivity contribution in [2.45, 2.75) is 38.2 Å². The fourth-order valence-corrected chi connectivity index (χ4v) is 4.75. The molecule has 0 atom stereocenters. The molecule has 4 rings (SSSR count). The first-order valence-electron chi connectivity index (χ1n) is 9.45. The molecule has 0 unspecified atom stereocenters. The van der Waals surface area contributed by atoms with Gasteiger partial charge in [0.1, 0.15) is 5.01 Å². The molecule has 1 fully saturated rings. The summed E-state index contributed by atoms with van der Waals surface area (Å²) in [7, 11) is 0. The molecule has 1 aliphatic rings. The highest BCUT2D eigenvalue weighted by Gasteiger charge is 2.38.